The van der Waals surface area contributed by atoms with Crippen molar-refractivity contribution in [3.8, 4) is 0 Å². The highest BCUT2D eigenvalue weighted by Gasteiger charge is 2.66. The second-order valence-electron chi connectivity index (χ2n) is 40.4. The lowest BCUT2D eigenvalue weighted by molar-refractivity contribution is -0.170. The smallest absolute Gasteiger partial charge is 0.309 e. The molecule has 0 aromatic heterocycles. The summed E-state index contributed by atoms with van der Waals surface area (Å²) in [5.41, 5.74) is -1.22. The molecule has 26 heteroatoms. The summed E-state index contributed by atoms with van der Waals surface area (Å²) in [6.45, 7) is 7.24. The first-order chi connectivity index (χ1) is 67.5. The molecule has 21 rings (SSSR count). The maximum absolute atomic E-state index is 13.0. The summed E-state index contributed by atoms with van der Waals surface area (Å²) in [6, 6.07) is 89.1. The Morgan fingerprint density at radius 2 is 0.664 bits per heavy atom. The zero-order chi connectivity index (χ0) is 98.3. The molecule has 12 aliphatic rings. The van der Waals surface area contributed by atoms with E-state index < -0.39 is 70.8 Å². The Balaban J connectivity index is 0.000000123. The number of hydrogen-bond acceptors (Lipinski definition) is 20. The van der Waals surface area contributed by atoms with Crippen molar-refractivity contribution in [1.29, 1.82) is 0 Å². The first-order valence-corrected chi connectivity index (χ1v) is 58.8. The molecule has 14 atom stereocenters. The second kappa shape index (κ2) is 46.8. The molecule has 9 aromatic rings. The summed E-state index contributed by atoms with van der Waals surface area (Å²) in [4.78, 5) is 96.6. The van der Waals surface area contributed by atoms with E-state index in [1.165, 1.54) is 47.1 Å². The average molecular weight is 2010 g/mol. The van der Waals surface area contributed by atoms with Crippen LogP contribution in [0.4, 0.5) is 0 Å². The molecule has 0 amide bonds. The van der Waals surface area contributed by atoms with Crippen molar-refractivity contribution in [3.63, 3.8) is 0 Å². The van der Waals surface area contributed by atoms with Gasteiger partial charge in [0.25, 0.3) is 0 Å². The molecule has 12 fully saturated rings. The second-order valence-corrected chi connectivity index (χ2v) is 52.3. The van der Waals surface area contributed by atoms with E-state index in [0.717, 1.165) is 157 Å². The van der Waals surface area contributed by atoms with Crippen molar-refractivity contribution < 1.29 is 91.8 Å². The zero-order valence-corrected chi connectivity index (χ0v) is 85.4. The number of rotatable bonds is 25. The summed E-state index contributed by atoms with van der Waals surface area (Å²) in [7, 11) is -11.3. The largest absolute Gasteiger partial charge is 0.748 e. The van der Waals surface area contributed by atoms with Gasteiger partial charge in [-0.3, -0.25) is 33.6 Å². The lowest BCUT2D eigenvalue weighted by Gasteiger charge is -2.37. The summed E-state index contributed by atoms with van der Waals surface area (Å²) >= 11 is 0. The van der Waals surface area contributed by atoms with Crippen molar-refractivity contribution in [2.45, 2.75) is 315 Å². The predicted octanol–water partition coefficient (Wildman–Crippen LogP) is 22.2. The molecule has 0 radical (unpaired) electrons. The Kier molecular flexibility index (Phi) is 34.5. The molecule has 0 N–H and O–H groups in total. The SMILES string of the molecule is CC(CC(=O)OC1C2CC3C(=O)OC1C3C2)C(=O)OC1C2CC3C(=O)OC1C3C2.CC(CC(=O)OC1CCCCC1)C(=O)OC1CCCCC1.CC1(C)C2CCC1(CS(=O)(=O)[O-])C(=O)C2.O=S(=O)(c1ccc([S+](c2ccccc2)c2ccccc2)cc1)C1CCCCC1.O=S(=O)(c1ccc([S+](c2ccccc2)c2ccccc2)cc1)C1CCCCC1.c1ccc([S+](c2ccccc2)c2ccccc2)cc1. The number of carbonyl (C=O) groups excluding carboxylic acids is 7. The van der Waals surface area contributed by atoms with Gasteiger partial charge in [-0.25, -0.2) is 25.3 Å². The molecule has 2 saturated heterocycles. The first-order valence-electron chi connectivity index (χ1n) is 50.5. The van der Waals surface area contributed by atoms with Crippen molar-refractivity contribution in [2.24, 2.45) is 64.1 Å². The predicted molar refractivity (Wildman–Crippen MR) is 538 cm³/mol. The monoisotopic (exact) mass is 2010 g/mol. The minimum absolute atomic E-state index is 0.0146. The first kappa shape index (κ1) is 103. The molecule has 742 valence electrons. The van der Waals surface area contributed by atoms with Crippen LogP contribution in [0, 0.1) is 64.1 Å². The van der Waals surface area contributed by atoms with Gasteiger partial charge in [-0.1, -0.05) is 206 Å². The van der Waals surface area contributed by atoms with E-state index in [4.69, 9.17) is 28.4 Å². The number of esters is 6. The van der Waals surface area contributed by atoms with Crippen LogP contribution in [0.2, 0.25) is 0 Å². The van der Waals surface area contributed by atoms with Gasteiger partial charge >= 0.3 is 35.8 Å². The number of sulfone groups is 2. The highest BCUT2D eigenvalue weighted by molar-refractivity contribution is 7.98. The quantitative estimate of drug-likeness (QED) is 0.0222. The van der Waals surface area contributed by atoms with Gasteiger partial charge in [0.2, 0.25) is 0 Å². The van der Waals surface area contributed by atoms with Gasteiger partial charge in [0.1, 0.15) is 42.4 Å². The lowest BCUT2D eigenvalue weighted by atomic mass is 9.70. The minimum Gasteiger partial charge on any atom is -0.748 e. The lowest BCUT2D eigenvalue weighted by Crippen LogP contribution is -2.42. The average Bonchev–Trinajstić information content (AvgIpc) is 1.55. The molecule has 0 spiro atoms. The van der Waals surface area contributed by atoms with Crippen LogP contribution in [-0.4, -0.2) is 124 Å². The van der Waals surface area contributed by atoms with E-state index in [-0.39, 0.29) is 163 Å². The van der Waals surface area contributed by atoms with E-state index in [2.05, 4.69) is 188 Å². The van der Waals surface area contributed by atoms with Crippen LogP contribution in [0.3, 0.4) is 0 Å². The molecule has 2 heterocycles. The van der Waals surface area contributed by atoms with Crippen LogP contribution in [0.25, 0.3) is 0 Å². The van der Waals surface area contributed by atoms with Crippen molar-refractivity contribution in [2.75, 3.05) is 5.75 Å². The summed E-state index contributed by atoms with van der Waals surface area (Å²) in [5.74, 6) is -2.47. The molecule has 2 aliphatic heterocycles. The van der Waals surface area contributed by atoms with E-state index in [9.17, 15) is 63.4 Å². The molecule has 9 aromatic carbocycles. The number of benzene rings is 9. The minimum atomic E-state index is -4.33. The van der Waals surface area contributed by atoms with Gasteiger partial charge < -0.3 is 33.0 Å². The summed E-state index contributed by atoms with van der Waals surface area (Å²) < 4.78 is 118. The highest BCUT2D eigenvalue weighted by Crippen LogP contribution is 2.64. The van der Waals surface area contributed by atoms with Gasteiger partial charge in [-0.2, -0.15) is 0 Å². The third kappa shape index (κ3) is 24.5. The fraction of sp³-hybridized carbons (Fsp3) is 0.465. The molecule has 6 bridgehead atoms. The number of ether oxygens (including phenoxy) is 6. The zero-order valence-electron chi connectivity index (χ0n) is 80.5. The topological polar surface area (TPSA) is 300 Å². The number of Topliss-reactive ketones (excluding diaryl/α,β-unsaturated/α-hetero) is 1. The Bertz CT molecular complexity index is 5680. The molecular formula is C114H132O20S6+2. The molecule has 20 nitrogen and oxygen atoms in total. The third-order valence-electron chi connectivity index (χ3n) is 31.0. The van der Waals surface area contributed by atoms with Crippen LogP contribution in [0.15, 0.2) is 315 Å². The van der Waals surface area contributed by atoms with E-state index in [1.807, 2.05) is 86.6 Å². The number of fused-ring (bicyclic) bond motifs is 4. The molecule has 10 aliphatic carbocycles. The van der Waals surface area contributed by atoms with Crippen LogP contribution in [0.5, 0.6) is 0 Å². The van der Waals surface area contributed by atoms with Gasteiger partial charge in [0.05, 0.1) is 105 Å². The van der Waals surface area contributed by atoms with Crippen molar-refractivity contribution in [1.82, 2.24) is 0 Å². The van der Waals surface area contributed by atoms with Crippen LogP contribution in [0.1, 0.15) is 214 Å². The standard InChI is InChI=1S/2C24H25O2S2.C21H24O8.C18H15S.C17H28O4.C10H16O4S/c2*25-28(26,23-14-8-3-9-15-23)24-18-16-22(17-19-24)27(20-10-4-1-5-11-20)21-12-6-2-7-13-21;1-7(19(23)27-16-9-4-11-13(6-9)21(25)29-18(11)16)2-14(22)26-15-8-3-10-12(5-8)20(24)28-17(10)15;1-4-10-16(11-5-1)19(17-12-6-2-7-13-17)18-14-8-3-9-15-18;1-13(17(19)21-15-10-6-3-7-11-15)12-16(18)20-14-8-4-2-5-9-14;1-9(2)7-3-4-10(9,8(11)5-7)6-15(12,13)14/h2*1-2,4-7,10-13,16-19,23H,3,8-9,14-15H2;7-13,15-18H,2-6H2,1H3;1-15H;13-15H,2-12H2,1H3;7H,3-6H2,1-2H3,(H,12,13,14)/q2*+1;;+1;;/p-1. The maximum atomic E-state index is 13.0. The van der Waals surface area contributed by atoms with Gasteiger partial charge in [0, 0.05) is 35.5 Å². The Morgan fingerprint density at radius 1 is 0.371 bits per heavy atom. The summed E-state index contributed by atoms with van der Waals surface area (Å²) in [6.07, 6.45) is 24.2. The Labute approximate surface area is 835 Å². The van der Waals surface area contributed by atoms with Crippen molar-refractivity contribution >= 4 is 104 Å². The van der Waals surface area contributed by atoms with Gasteiger partial charge in [-0.05, 0) is 260 Å². The van der Waals surface area contributed by atoms with Crippen molar-refractivity contribution in [3.05, 3.63) is 261 Å². The van der Waals surface area contributed by atoms with E-state index in [1.54, 1.807) is 13.8 Å². The molecule has 10 saturated carbocycles. The molecule has 14 unspecified atom stereocenters. The van der Waals surface area contributed by atoms with Crippen LogP contribution >= 0.6 is 0 Å². The van der Waals surface area contributed by atoms with Gasteiger partial charge in [-0.15, -0.1) is 0 Å². The highest BCUT2D eigenvalue weighted by atomic mass is 32.2. The summed E-state index contributed by atoms with van der Waals surface area (Å²) in [5, 5.41) is -0.429. The Hall–Kier alpha value is -9.67. The van der Waals surface area contributed by atoms with E-state index in [0.29, 0.717) is 22.6 Å². The number of hydrogen-bond donors (Lipinski definition) is 0. The van der Waals surface area contributed by atoms with Crippen LogP contribution < -0.4 is 0 Å². The Morgan fingerprint density at radius 3 is 0.971 bits per heavy atom. The normalized spacial score (nSPS) is 25.3. The van der Waals surface area contributed by atoms with Crippen LogP contribution in [-0.2, 0) is 124 Å². The number of carbonyl (C=O) groups is 7. The fourth-order valence-corrected chi connectivity index (χ4v) is 34.6. The fourth-order valence-electron chi connectivity index (χ4n) is 23.3. The molecular weight excluding hydrogens is 1880 g/mol. The third-order valence-corrected chi connectivity index (χ3v) is 43.1. The molecule has 140 heavy (non-hydrogen) atoms. The van der Waals surface area contributed by atoms with E-state index >= 15 is 0 Å². The maximum Gasteiger partial charge on any atom is 0.309 e. The van der Waals surface area contributed by atoms with Gasteiger partial charge in [0.15, 0.2) is 63.7 Å². The number of ketones is 1.